The second-order valence-electron chi connectivity index (χ2n) is 5.63. The number of methoxy groups -OCH3 is 1. The Labute approximate surface area is 140 Å². The Kier molecular flexibility index (Phi) is 5.65. The van der Waals surface area contributed by atoms with Crippen LogP contribution in [0.3, 0.4) is 0 Å². The van der Waals surface area contributed by atoms with Crippen LogP contribution in [0.4, 0.5) is 5.69 Å². The van der Waals surface area contributed by atoms with E-state index in [1.165, 1.54) is 13.2 Å². The Balaban J connectivity index is 2.08. The molecular weight excluding hydrogens is 308 g/mol. The summed E-state index contributed by atoms with van der Waals surface area (Å²) in [5, 5.41) is 10.9. The maximum absolute atomic E-state index is 11.4. The summed E-state index contributed by atoms with van der Waals surface area (Å²) in [6, 6.07) is 13.9. The maximum atomic E-state index is 11.4. The van der Waals surface area contributed by atoms with Crippen LogP contribution in [0.2, 0.25) is 0 Å². The molecule has 2 rings (SSSR count). The highest BCUT2D eigenvalue weighted by molar-refractivity contribution is 5.89. The first-order chi connectivity index (χ1) is 11.4. The predicted molar refractivity (Wildman–Crippen MR) is 90.8 cm³/mol. The van der Waals surface area contributed by atoms with Crippen LogP contribution in [0.25, 0.3) is 0 Å². The second-order valence-corrected chi connectivity index (χ2v) is 5.63. The van der Waals surface area contributed by atoms with Crippen LogP contribution in [0, 0.1) is 10.1 Å². The van der Waals surface area contributed by atoms with Gasteiger partial charge in [-0.2, -0.15) is 0 Å². The monoisotopic (exact) mass is 328 g/mol. The fourth-order valence-electron chi connectivity index (χ4n) is 2.44. The van der Waals surface area contributed by atoms with Crippen LogP contribution < -0.4 is 0 Å². The Morgan fingerprint density at radius 3 is 2.50 bits per heavy atom. The summed E-state index contributed by atoms with van der Waals surface area (Å²) in [4.78, 5) is 24.0. The zero-order chi connectivity index (χ0) is 17.7. The van der Waals surface area contributed by atoms with Crippen molar-refractivity contribution in [3.8, 4) is 0 Å². The highest BCUT2D eigenvalue weighted by Gasteiger charge is 2.15. The highest BCUT2D eigenvalue weighted by atomic mass is 16.6. The van der Waals surface area contributed by atoms with E-state index >= 15 is 0 Å². The number of rotatable bonds is 6. The van der Waals surface area contributed by atoms with Gasteiger partial charge in [-0.1, -0.05) is 24.3 Å². The molecule has 6 nitrogen and oxygen atoms in total. The molecule has 0 aliphatic carbocycles. The van der Waals surface area contributed by atoms with Gasteiger partial charge in [0.05, 0.1) is 17.6 Å². The number of hydrogen-bond acceptors (Lipinski definition) is 5. The van der Waals surface area contributed by atoms with Gasteiger partial charge in [-0.25, -0.2) is 4.79 Å². The molecule has 0 saturated carbocycles. The standard InChI is InChI=1S/C18H20N2O4/c1-13(16-5-4-6-17(11-16)20(22)23)19(2)12-14-7-9-15(10-8-14)18(21)24-3/h4-11,13H,12H2,1-3H3/t13-/m0/s1. The molecule has 2 aromatic carbocycles. The van der Waals surface area contributed by atoms with E-state index in [2.05, 4.69) is 9.64 Å². The average molecular weight is 328 g/mol. The molecule has 0 aromatic heterocycles. The SMILES string of the molecule is COC(=O)c1ccc(CN(C)[C@@H](C)c2cccc([N+](=O)[O-])c2)cc1. The number of nitrogens with zero attached hydrogens (tertiary/aromatic N) is 2. The normalized spacial score (nSPS) is 12.0. The van der Waals surface area contributed by atoms with E-state index in [0.29, 0.717) is 12.1 Å². The third kappa shape index (κ3) is 4.17. The van der Waals surface area contributed by atoms with E-state index in [1.807, 2.05) is 32.2 Å². The molecule has 0 heterocycles. The van der Waals surface area contributed by atoms with Crippen molar-refractivity contribution in [2.75, 3.05) is 14.2 Å². The molecule has 0 aliphatic rings. The van der Waals surface area contributed by atoms with Crippen molar-refractivity contribution < 1.29 is 14.5 Å². The molecule has 0 aliphatic heterocycles. The van der Waals surface area contributed by atoms with Crippen LogP contribution in [-0.2, 0) is 11.3 Å². The molecule has 24 heavy (non-hydrogen) atoms. The summed E-state index contributed by atoms with van der Waals surface area (Å²) >= 11 is 0. The van der Waals surface area contributed by atoms with Gasteiger partial charge in [0.1, 0.15) is 0 Å². The first kappa shape index (κ1) is 17.6. The number of carbonyl (C=O) groups excluding carboxylic acids is 1. The number of esters is 1. The lowest BCUT2D eigenvalue weighted by Crippen LogP contribution is -2.22. The molecule has 2 aromatic rings. The number of ether oxygens (including phenoxy) is 1. The molecule has 6 heteroatoms. The van der Waals surface area contributed by atoms with Gasteiger partial charge in [0, 0.05) is 24.7 Å². The summed E-state index contributed by atoms with van der Waals surface area (Å²) in [7, 11) is 3.31. The van der Waals surface area contributed by atoms with E-state index < -0.39 is 0 Å². The first-order valence-corrected chi connectivity index (χ1v) is 7.54. The van der Waals surface area contributed by atoms with Gasteiger partial charge in [0.15, 0.2) is 0 Å². The molecule has 0 unspecified atom stereocenters. The zero-order valence-corrected chi connectivity index (χ0v) is 13.9. The molecule has 0 spiro atoms. The van der Waals surface area contributed by atoms with Gasteiger partial charge in [-0.05, 0) is 37.2 Å². The lowest BCUT2D eigenvalue weighted by molar-refractivity contribution is -0.384. The Hall–Kier alpha value is -2.73. The highest BCUT2D eigenvalue weighted by Crippen LogP contribution is 2.24. The predicted octanol–water partition coefficient (Wildman–Crippen LogP) is 3.57. The average Bonchev–Trinajstić information content (AvgIpc) is 2.61. The van der Waals surface area contributed by atoms with Gasteiger partial charge in [0.2, 0.25) is 0 Å². The smallest absolute Gasteiger partial charge is 0.337 e. The van der Waals surface area contributed by atoms with Crippen molar-refractivity contribution in [2.24, 2.45) is 0 Å². The fourth-order valence-corrected chi connectivity index (χ4v) is 2.44. The zero-order valence-electron chi connectivity index (χ0n) is 13.9. The second kappa shape index (κ2) is 7.70. The molecule has 126 valence electrons. The minimum absolute atomic E-state index is 0.0187. The van der Waals surface area contributed by atoms with Crippen LogP contribution in [0.15, 0.2) is 48.5 Å². The lowest BCUT2D eigenvalue weighted by atomic mass is 10.1. The summed E-state index contributed by atoms with van der Waals surface area (Å²) in [6.45, 7) is 2.66. The largest absolute Gasteiger partial charge is 0.465 e. The van der Waals surface area contributed by atoms with Crippen molar-refractivity contribution in [3.05, 3.63) is 75.3 Å². The van der Waals surface area contributed by atoms with E-state index in [1.54, 1.807) is 24.3 Å². The van der Waals surface area contributed by atoms with Crippen molar-refractivity contribution in [1.29, 1.82) is 0 Å². The first-order valence-electron chi connectivity index (χ1n) is 7.54. The van der Waals surface area contributed by atoms with Crippen molar-refractivity contribution in [1.82, 2.24) is 4.90 Å². The number of nitro benzene ring substituents is 1. The van der Waals surface area contributed by atoms with Gasteiger partial charge < -0.3 is 4.74 Å². The molecule has 0 N–H and O–H groups in total. The lowest BCUT2D eigenvalue weighted by Gasteiger charge is -2.25. The van der Waals surface area contributed by atoms with E-state index in [0.717, 1.165) is 11.1 Å². The van der Waals surface area contributed by atoms with E-state index in [4.69, 9.17) is 0 Å². The summed E-state index contributed by atoms with van der Waals surface area (Å²) in [5.74, 6) is -0.361. The van der Waals surface area contributed by atoms with Gasteiger partial charge in [-0.3, -0.25) is 15.0 Å². The summed E-state index contributed by atoms with van der Waals surface area (Å²) in [6.07, 6.45) is 0. The summed E-state index contributed by atoms with van der Waals surface area (Å²) in [5.41, 5.74) is 2.53. The molecule has 1 atom stereocenters. The van der Waals surface area contributed by atoms with Crippen molar-refractivity contribution in [2.45, 2.75) is 19.5 Å². The molecule has 0 amide bonds. The van der Waals surface area contributed by atoms with Crippen LogP contribution in [-0.4, -0.2) is 29.9 Å². The van der Waals surface area contributed by atoms with E-state index in [-0.39, 0.29) is 22.6 Å². The molecular formula is C18H20N2O4. The van der Waals surface area contributed by atoms with Gasteiger partial charge in [0.25, 0.3) is 5.69 Å². The van der Waals surface area contributed by atoms with Crippen LogP contribution in [0.1, 0.15) is 34.5 Å². The topological polar surface area (TPSA) is 72.7 Å². The number of hydrogen-bond donors (Lipinski definition) is 0. The third-order valence-corrected chi connectivity index (χ3v) is 4.03. The Morgan fingerprint density at radius 1 is 1.25 bits per heavy atom. The maximum Gasteiger partial charge on any atom is 0.337 e. The quantitative estimate of drug-likeness (QED) is 0.460. The molecule has 0 radical (unpaired) electrons. The van der Waals surface area contributed by atoms with Gasteiger partial charge in [-0.15, -0.1) is 0 Å². The van der Waals surface area contributed by atoms with Gasteiger partial charge >= 0.3 is 5.97 Å². The van der Waals surface area contributed by atoms with E-state index in [9.17, 15) is 14.9 Å². The molecule has 0 fully saturated rings. The number of non-ortho nitro benzene ring substituents is 1. The van der Waals surface area contributed by atoms with Crippen molar-refractivity contribution >= 4 is 11.7 Å². The fraction of sp³-hybridized carbons (Fsp3) is 0.278. The van der Waals surface area contributed by atoms with Crippen molar-refractivity contribution in [3.63, 3.8) is 0 Å². The van der Waals surface area contributed by atoms with Crippen LogP contribution in [0.5, 0.6) is 0 Å². The number of nitro groups is 1. The number of benzene rings is 2. The number of carbonyl (C=O) groups is 1. The van der Waals surface area contributed by atoms with Crippen LogP contribution >= 0.6 is 0 Å². The Morgan fingerprint density at radius 2 is 1.92 bits per heavy atom. The minimum Gasteiger partial charge on any atom is -0.465 e. The Bertz CT molecular complexity index is 728. The minimum atomic E-state index is -0.387. The summed E-state index contributed by atoms with van der Waals surface area (Å²) < 4.78 is 4.68. The molecule has 0 bridgehead atoms. The molecule has 0 saturated heterocycles. The third-order valence-electron chi connectivity index (χ3n) is 4.03.